The Bertz CT molecular complexity index is 1450. The summed E-state index contributed by atoms with van der Waals surface area (Å²) in [4.78, 5) is 21.1. The SMILES string of the molecule is CS(=O)(=O)Nc1ccccc1-c1nc(C(=O)NC(c2ccccn2)C(F)(F)F)c2ccccn12. The number of aromatic nitrogens is 3. The fourth-order valence-electron chi connectivity index (χ4n) is 3.43. The maximum atomic E-state index is 13.7. The van der Waals surface area contributed by atoms with Crippen LogP contribution >= 0.6 is 0 Å². The molecule has 1 atom stereocenters. The summed E-state index contributed by atoms with van der Waals surface area (Å²) in [6.45, 7) is 0. The van der Waals surface area contributed by atoms with Gasteiger partial charge in [-0.2, -0.15) is 13.2 Å². The van der Waals surface area contributed by atoms with Crippen LogP contribution in [0.25, 0.3) is 16.9 Å². The van der Waals surface area contributed by atoms with Crippen molar-refractivity contribution in [2.45, 2.75) is 12.2 Å². The number of carbonyl (C=O) groups excluding carboxylic acids is 1. The third-order valence-corrected chi connectivity index (χ3v) is 5.40. The van der Waals surface area contributed by atoms with Gasteiger partial charge in [0.05, 0.1) is 23.2 Å². The molecule has 3 heterocycles. The molecule has 0 bridgehead atoms. The monoisotopic (exact) mass is 489 g/mol. The van der Waals surface area contributed by atoms with Crippen molar-refractivity contribution in [1.82, 2.24) is 19.7 Å². The third kappa shape index (κ3) is 4.86. The lowest BCUT2D eigenvalue weighted by Crippen LogP contribution is -2.38. The molecule has 0 saturated carbocycles. The van der Waals surface area contributed by atoms with Gasteiger partial charge in [-0.1, -0.05) is 24.3 Å². The lowest BCUT2D eigenvalue weighted by atomic mass is 10.1. The van der Waals surface area contributed by atoms with Gasteiger partial charge in [-0.15, -0.1) is 0 Å². The minimum atomic E-state index is -4.80. The molecule has 4 aromatic rings. The highest BCUT2D eigenvalue weighted by molar-refractivity contribution is 7.92. The van der Waals surface area contributed by atoms with Crippen LogP contribution < -0.4 is 10.0 Å². The maximum absolute atomic E-state index is 13.7. The number of fused-ring (bicyclic) bond motifs is 1. The van der Waals surface area contributed by atoms with Crippen molar-refractivity contribution in [3.05, 3.63) is 84.4 Å². The first-order chi connectivity index (χ1) is 16.0. The van der Waals surface area contributed by atoms with E-state index in [1.807, 2.05) is 5.32 Å². The number of hydrogen-bond acceptors (Lipinski definition) is 5. The molecule has 0 saturated heterocycles. The number of nitrogens with zero attached hydrogens (tertiary/aromatic N) is 3. The number of para-hydroxylation sites is 1. The van der Waals surface area contributed by atoms with E-state index in [2.05, 4.69) is 14.7 Å². The predicted octanol–water partition coefficient (Wildman–Crippen LogP) is 3.80. The van der Waals surface area contributed by atoms with E-state index in [1.54, 1.807) is 36.5 Å². The van der Waals surface area contributed by atoms with E-state index in [9.17, 15) is 26.4 Å². The quantitative estimate of drug-likeness (QED) is 0.429. The van der Waals surface area contributed by atoms with Crippen molar-refractivity contribution >= 4 is 27.1 Å². The van der Waals surface area contributed by atoms with Crippen LogP contribution in [0.2, 0.25) is 0 Å². The smallest absolute Gasteiger partial charge is 0.334 e. The molecule has 3 aromatic heterocycles. The average molecular weight is 489 g/mol. The first-order valence-electron chi connectivity index (χ1n) is 9.87. The first-order valence-corrected chi connectivity index (χ1v) is 11.8. The molecule has 176 valence electrons. The number of sulfonamides is 1. The van der Waals surface area contributed by atoms with Crippen LogP contribution in [0.5, 0.6) is 0 Å². The summed E-state index contributed by atoms with van der Waals surface area (Å²) in [5, 5.41) is 1.99. The normalized spacial score (nSPS) is 12.9. The van der Waals surface area contributed by atoms with Crippen LogP contribution in [0.4, 0.5) is 18.9 Å². The minimum Gasteiger partial charge on any atom is -0.334 e. The largest absolute Gasteiger partial charge is 0.414 e. The van der Waals surface area contributed by atoms with Crippen molar-refractivity contribution in [3.63, 3.8) is 0 Å². The zero-order valence-corrected chi connectivity index (χ0v) is 18.4. The van der Waals surface area contributed by atoms with Gasteiger partial charge in [0.1, 0.15) is 5.82 Å². The van der Waals surface area contributed by atoms with Crippen LogP contribution in [-0.4, -0.2) is 41.1 Å². The Balaban J connectivity index is 1.80. The van der Waals surface area contributed by atoms with Gasteiger partial charge < -0.3 is 5.32 Å². The molecule has 4 rings (SSSR count). The molecule has 0 radical (unpaired) electrons. The highest BCUT2D eigenvalue weighted by Crippen LogP contribution is 2.33. The van der Waals surface area contributed by atoms with Gasteiger partial charge in [-0.05, 0) is 36.4 Å². The van der Waals surface area contributed by atoms with E-state index >= 15 is 0 Å². The van der Waals surface area contributed by atoms with E-state index < -0.39 is 28.1 Å². The Kier molecular flexibility index (Phi) is 6.00. The summed E-state index contributed by atoms with van der Waals surface area (Å²) >= 11 is 0. The lowest BCUT2D eigenvalue weighted by molar-refractivity contribution is -0.156. The summed E-state index contributed by atoms with van der Waals surface area (Å²) in [5.41, 5.74) is 0.162. The number of pyridine rings is 2. The van der Waals surface area contributed by atoms with E-state index in [4.69, 9.17) is 0 Å². The molecule has 8 nitrogen and oxygen atoms in total. The molecule has 1 amide bonds. The molecular weight excluding hydrogens is 471 g/mol. The summed E-state index contributed by atoms with van der Waals surface area (Å²) in [6, 6.07) is 12.8. The summed E-state index contributed by atoms with van der Waals surface area (Å²) < 4.78 is 68.7. The number of benzene rings is 1. The van der Waals surface area contributed by atoms with Crippen LogP contribution in [0.3, 0.4) is 0 Å². The number of rotatable bonds is 6. The van der Waals surface area contributed by atoms with E-state index in [0.717, 1.165) is 6.26 Å². The van der Waals surface area contributed by atoms with Gasteiger partial charge in [0.25, 0.3) is 5.91 Å². The molecule has 0 spiro atoms. The minimum absolute atomic E-state index is 0.175. The second-order valence-electron chi connectivity index (χ2n) is 7.36. The Labute approximate surface area is 192 Å². The van der Waals surface area contributed by atoms with Crippen LogP contribution in [0, 0.1) is 0 Å². The molecule has 1 aromatic carbocycles. The summed E-state index contributed by atoms with van der Waals surface area (Å²) in [7, 11) is -3.63. The number of anilines is 1. The predicted molar refractivity (Wildman–Crippen MR) is 120 cm³/mol. The fraction of sp³-hybridized carbons (Fsp3) is 0.136. The Morgan fingerprint density at radius 1 is 1.03 bits per heavy atom. The van der Waals surface area contributed by atoms with Crippen LogP contribution in [0.1, 0.15) is 22.2 Å². The molecule has 12 heteroatoms. The zero-order valence-electron chi connectivity index (χ0n) is 17.6. The Morgan fingerprint density at radius 2 is 1.74 bits per heavy atom. The van der Waals surface area contributed by atoms with Gasteiger partial charge in [-0.25, -0.2) is 13.4 Å². The van der Waals surface area contributed by atoms with Crippen molar-refractivity contribution in [2.75, 3.05) is 11.0 Å². The number of halogens is 3. The third-order valence-electron chi connectivity index (χ3n) is 4.81. The van der Waals surface area contributed by atoms with Gasteiger partial charge in [-0.3, -0.25) is 18.9 Å². The standard InChI is InChI=1S/C22H18F3N5O3S/c1-34(32,33)29-15-9-3-2-8-14(15)20-27-18(17-11-5-7-13-30(17)20)21(31)28-19(22(23,24)25)16-10-4-6-12-26-16/h2-13,19,29H,1H3,(H,28,31). The highest BCUT2D eigenvalue weighted by Gasteiger charge is 2.43. The van der Waals surface area contributed by atoms with E-state index in [1.165, 1.54) is 40.9 Å². The zero-order chi connectivity index (χ0) is 24.5. The van der Waals surface area contributed by atoms with Gasteiger partial charge >= 0.3 is 6.18 Å². The number of hydrogen-bond donors (Lipinski definition) is 2. The van der Waals surface area contributed by atoms with Gasteiger partial charge in [0.15, 0.2) is 11.7 Å². The number of imidazole rings is 1. The molecule has 0 aliphatic rings. The number of amides is 1. The topological polar surface area (TPSA) is 105 Å². The van der Waals surface area contributed by atoms with Crippen molar-refractivity contribution in [1.29, 1.82) is 0 Å². The van der Waals surface area contributed by atoms with Crippen molar-refractivity contribution < 1.29 is 26.4 Å². The van der Waals surface area contributed by atoms with Gasteiger partial charge in [0.2, 0.25) is 10.0 Å². The highest BCUT2D eigenvalue weighted by atomic mass is 32.2. The average Bonchev–Trinajstić information content (AvgIpc) is 3.16. The molecular formula is C22H18F3N5O3S. The number of alkyl halides is 3. The number of carbonyl (C=O) groups is 1. The first kappa shape index (κ1) is 23.2. The lowest BCUT2D eigenvalue weighted by Gasteiger charge is -2.20. The Hall–Kier alpha value is -3.93. The maximum Gasteiger partial charge on any atom is 0.414 e. The van der Waals surface area contributed by atoms with Crippen molar-refractivity contribution in [3.8, 4) is 11.4 Å². The summed E-state index contributed by atoms with van der Waals surface area (Å²) in [5.74, 6) is -0.884. The Morgan fingerprint density at radius 3 is 2.41 bits per heavy atom. The molecule has 34 heavy (non-hydrogen) atoms. The molecule has 2 N–H and O–H groups in total. The molecule has 1 unspecified atom stereocenters. The molecule has 0 aliphatic carbocycles. The molecule has 0 aliphatic heterocycles. The van der Waals surface area contributed by atoms with Crippen LogP contribution in [0.15, 0.2) is 73.1 Å². The molecule has 0 fully saturated rings. The van der Waals surface area contributed by atoms with Crippen molar-refractivity contribution in [2.24, 2.45) is 0 Å². The van der Waals surface area contributed by atoms with Gasteiger partial charge in [0, 0.05) is 18.0 Å². The second kappa shape index (κ2) is 8.78. The van der Waals surface area contributed by atoms with E-state index in [0.29, 0.717) is 5.56 Å². The van der Waals surface area contributed by atoms with E-state index in [-0.39, 0.29) is 28.4 Å². The van der Waals surface area contributed by atoms with Crippen LogP contribution in [-0.2, 0) is 10.0 Å². The second-order valence-corrected chi connectivity index (χ2v) is 9.11. The number of nitrogens with one attached hydrogen (secondary N) is 2. The summed E-state index contributed by atoms with van der Waals surface area (Å²) in [6.07, 6.45) is -1.03. The fourth-order valence-corrected chi connectivity index (χ4v) is 4.01.